The van der Waals surface area contributed by atoms with Gasteiger partial charge in [0.15, 0.2) is 0 Å². The van der Waals surface area contributed by atoms with Crippen molar-refractivity contribution in [3.8, 4) is 0 Å². The molecule has 2 nitrogen and oxygen atoms in total. The predicted octanol–water partition coefficient (Wildman–Crippen LogP) is 2.62. The maximum absolute atomic E-state index is 10.1. The smallest absolute Gasteiger partial charge is 0.0815 e. The Labute approximate surface area is 98.8 Å². The lowest BCUT2D eigenvalue weighted by Crippen LogP contribution is -2.23. The first-order valence-corrected chi connectivity index (χ1v) is 6.22. The van der Waals surface area contributed by atoms with Crippen molar-refractivity contribution in [2.75, 3.05) is 6.54 Å². The highest BCUT2D eigenvalue weighted by Gasteiger charge is 2.20. The Balaban J connectivity index is 2.00. The molecule has 1 heterocycles. The van der Waals surface area contributed by atoms with Crippen LogP contribution in [0, 0.1) is 0 Å². The largest absolute Gasteiger partial charge is 0.388 e. The lowest BCUT2D eigenvalue weighted by Gasteiger charge is -2.17. The molecule has 0 radical (unpaired) electrons. The third-order valence-corrected chi connectivity index (χ3v) is 3.66. The van der Waals surface area contributed by atoms with E-state index in [1.807, 2.05) is 24.3 Å². The van der Waals surface area contributed by atoms with Crippen LogP contribution >= 0.6 is 15.9 Å². The van der Waals surface area contributed by atoms with Gasteiger partial charge in [0.2, 0.25) is 0 Å². The van der Waals surface area contributed by atoms with Gasteiger partial charge in [-0.25, -0.2) is 0 Å². The average Bonchev–Trinajstić information content (AvgIpc) is 2.71. The standard InChI is InChI=1S/C12H16BrNO/c13-11-6-2-1-5-10(11)12(15)8-9-4-3-7-14-9/h1-2,5-6,9,12,14-15H,3-4,7-8H2. The quantitative estimate of drug-likeness (QED) is 0.885. The molecule has 0 saturated carbocycles. The molecule has 1 fully saturated rings. The van der Waals surface area contributed by atoms with Gasteiger partial charge in [0.1, 0.15) is 0 Å². The van der Waals surface area contributed by atoms with Crippen LogP contribution < -0.4 is 5.32 Å². The van der Waals surface area contributed by atoms with Gasteiger partial charge < -0.3 is 10.4 Å². The SMILES string of the molecule is OC(CC1CCCN1)c1ccccc1Br. The van der Waals surface area contributed by atoms with E-state index >= 15 is 0 Å². The molecule has 2 N–H and O–H groups in total. The molecule has 2 rings (SSSR count). The minimum absolute atomic E-state index is 0.365. The second-order valence-electron chi connectivity index (χ2n) is 4.07. The highest BCUT2D eigenvalue weighted by molar-refractivity contribution is 9.10. The number of hydrogen-bond acceptors (Lipinski definition) is 2. The predicted molar refractivity (Wildman–Crippen MR) is 64.7 cm³/mol. The van der Waals surface area contributed by atoms with Crippen LogP contribution in [0.1, 0.15) is 30.9 Å². The molecule has 1 aliphatic rings. The zero-order chi connectivity index (χ0) is 10.7. The van der Waals surface area contributed by atoms with E-state index in [0.29, 0.717) is 6.04 Å². The average molecular weight is 270 g/mol. The Morgan fingerprint density at radius 3 is 2.93 bits per heavy atom. The number of nitrogens with one attached hydrogen (secondary N) is 1. The number of rotatable bonds is 3. The third-order valence-electron chi connectivity index (χ3n) is 2.93. The van der Waals surface area contributed by atoms with Crippen molar-refractivity contribution in [1.82, 2.24) is 5.32 Å². The summed E-state index contributed by atoms with van der Waals surface area (Å²) in [6.45, 7) is 1.09. The fourth-order valence-electron chi connectivity index (χ4n) is 2.10. The highest BCUT2D eigenvalue weighted by Crippen LogP contribution is 2.27. The summed E-state index contributed by atoms with van der Waals surface area (Å²) >= 11 is 3.47. The van der Waals surface area contributed by atoms with Crippen LogP contribution in [-0.2, 0) is 0 Å². The second kappa shape index (κ2) is 5.10. The molecular weight excluding hydrogens is 254 g/mol. The summed E-state index contributed by atoms with van der Waals surface area (Å²) in [5, 5.41) is 13.5. The Bertz CT molecular complexity index is 323. The van der Waals surface area contributed by atoms with E-state index in [9.17, 15) is 5.11 Å². The van der Waals surface area contributed by atoms with Crippen LogP contribution in [0.5, 0.6) is 0 Å². The fraction of sp³-hybridized carbons (Fsp3) is 0.500. The molecule has 2 unspecified atom stereocenters. The van der Waals surface area contributed by atoms with Crippen LogP contribution in [0.2, 0.25) is 0 Å². The van der Waals surface area contributed by atoms with Gasteiger partial charge in [-0.3, -0.25) is 0 Å². The zero-order valence-corrected chi connectivity index (χ0v) is 10.2. The summed E-state index contributed by atoms with van der Waals surface area (Å²) in [6.07, 6.45) is 2.86. The number of aliphatic hydroxyl groups excluding tert-OH is 1. The van der Waals surface area contributed by atoms with Crippen LogP contribution in [0.25, 0.3) is 0 Å². The van der Waals surface area contributed by atoms with Crippen molar-refractivity contribution in [3.05, 3.63) is 34.3 Å². The Kier molecular flexibility index (Phi) is 3.78. The van der Waals surface area contributed by atoms with Crippen LogP contribution in [0.15, 0.2) is 28.7 Å². The lowest BCUT2D eigenvalue weighted by molar-refractivity contribution is 0.154. The highest BCUT2D eigenvalue weighted by atomic mass is 79.9. The summed E-state index contributed by atoms with van der Waals surface area (Å²) < 4.78 is 0.996. The molecule has 15 heavy (non-hydrogen) atoms. The fourth-order valence-corrected chi connectivity index (χ4v) is 2.65. The minimum Gasteiger partial charge on any atom is -0.388 e. The molecule has 1 saturated heterocycles. The van der Waals surface area contributed by atoms with Crippen LogP contribution in [0.4, 0.5) is 0 Å². The Morgan fingerprint density at radius 2 is 2.27 bits per heavy atom. The molecule has 0 aliphatic carbocycles. The molecule has 1 aromatic carbocycles. The molecule has 2 atom stereocenters. The van der Waals surface area contributed by atoms with Gasteiger partial charge >= 0.3 is 0 Å². The van der Waals surface area contributed by atoms with Gasteiger partial charge in [-0.2, -0.15) is 0 Å². The monoisotopic (exact) mass is 269 g/mol. The Morgan fingerprint density at radius 1 is 1.47 bits per heavy atom. The third kappa shape index (κ3) is 2.80. The van der Waals surface area contributed by atoms with Gasteiger partial charge in [0.05, 0.1) is 6.10 Å². The van der Waals surface area contributed by atoms with E-state index in [-0.39, 0.29) is 6.10 Å². The van der Waals surface area contributed by atoms with Crippen molar-refractivity contribution in [1.29, 1.82) is 0 Å². The first-order chi connectivity index (χ1) is 7.27. The van der Waals surface area contributed by atoms with E-state index in [2.05, 4.69) is 21.2 Å². The van der Waals surface area contributed by atoms with Gasteiger partial charge in [-0.15, -0.1) is 0 Å². The van der Waals surface area contributed by atoms with Crippen molar-refractivity contribution in [3.63, 3.8) is 0 Å². The van der Waals surface area contributed by atoms with E-state index in [1.165, 1.54) is 12.8 Å². The number of aliphatic hydroxyl groups is 1. The van der Waals surface area contributed by atoms with Gasteiger partial charge in [-0.05, 0) is 37.4 Å². The molecule has 0 amide bonds. The first kappa shape index (κ1) is 11.1. The first-order valence-electron chi connectivity index (χ1n) is 5.43. The summed E-state index contributed by atoms with van der Waals surface area (Å²) in [6, 6.07) is 8.36. The molecule has 1 aromatic rings. The second-order valence-corrected chi connectivity index (χ2v) is 4.92. The maximum atomic E-state index is 10.1. The van der Waals surface area contributed by atoms with Gasteiger partial charge in [0.25, 0.3) is 0 Å². The molecule has 0 aromatic heterocycles. The molecule has 3 heteroatoms. The van der Waals surface area contributed by atoms with E-state index in [1.54, 1.807) is 0 Å². The molecule has 0 bridgehead atoms. The van der Waals surface area contributed by atoms with Gasteiger partial charge in [0, 0.05) is 10.5 Å². The lowest BCUT2D eigenvalue weighted by atomic mass is 10.0. The molecule has 0 spiro atoms. The minimum atomic E-state index is -0.365. The van der Waals surface area contributed by atoms with E-state index in [4.69, 9.17) is 0 Å². The van der Waals surface area contributed by atoms with Crippen LogP contribution in [0.3, 0.4) is 0 Å². The zero-order valence-electron chi connectivity index (χ0n) is 8.62. The molecular formula is C12H16BrNO. The van der Waals surface area contributed by atoms with E-state index in [0.717, 1.165) is 23.0 Å². The van der Waals surface area contributed by atoms with E-state index < -0.39 is 0 Å². The Hall–Kier alpha value is -0.380. The van der Waals surface area contributed by atoms with Crippen molar-refractivity contribution >= 4 is 15.9 Å². The number of benzene rings is 1. The normalized spacial score (nSPS) is 22.9. The topological polar surface area (TPSA) is 32.3 Å². The summed E-state index contributed by atoms with van der Waals surface area (Å²) in [5.74, 6) is 0. The molecule has 82 valence electrons. The summed E-state index contributed by atoms with van der Waals surface area (Å²) in [4.78, 5) is 0. The van der Waals surface area contributed by atoms with Crippen molar-refractivity contribution in [2.24, 2.45) is 0 Å². The summed E-state index contributed by atoms with van der Waals surface area (Å²) in [7, 11) is 0. The van der Waals surface area contributed by atoms with Crippen molar-refractivity contribution < 1.29 is 5.11 Å². The number of hydrogen-bond donors (Lipinski definition) is 2. The summed E-state index contributed by atoms with van der Waals surface area (Å²) in [5.41, 5.74) is 0.992. The molecule has 1 aliphatic heterocycles. The van der Waals surface area contributed by atoms with Crippen molar-refractivity contribution in [2.45, 2.75) is 31.4 Å². The maximum Gasteiger partial charge on any atom is 0.0815 e. The number of halogens is 1. The van der Waals surface area contributed by atoms with Crippen LogP contribution in [-0.4, -0.2) is 17.7 Å². The van der Waals surface area contributed by atoms with Gasteiger partial charge in [-0.1, -0.05) is 34.1 Å².